The second kappa shape index (κ2) is 3.86. The number of aryl methyl sites for hydroxylation is 1. The van der Waals surface area contributed by atoms with Crippen LogP contribution in [0.5, 0.6) is 0 Å². The molecule has 0 aliphatic rings. The Balaban J connectivity index is 2.40. The molecule has 2 aromatic heterocycles. The zero-order chi connectivity index (χ0) is 10.8. The summed E-state index contributed by atoms with van der Waals surface area (Å²) < 4.78 is 1.98. The number of nitrogens with one attached hydrogen (secondary N) is 1. The molecule has 0 amide bonds. The quantitative estimate of drug-likeness (QED) is 0.775. The van der Waals surface area contributed by atoms with Crippen LogP contribution in [0.2, 0.25) is 0 Å². The van der Waals surface area contributed by atoms with Crippen LogP contribution in [-0.2, 0) is 7.05 Å². The first kappa shape index (κ1) is 9.92. The van der Waals surface area contributed by atoms with Crippen molar-refractivity contribution in [1.82, 2.24) is 14.5 Å². The number of hydrogen-bond donors (Lipinski definition) is 2. The van der Waals surface area contributed by atoms with Crippen LogP contribution < -0.4 is 11.1 Å². The van der Waals surface area contributed by atoms with Crippen molar-refractivity contribution < 1.29 is 0 Å². The summed E-state index contributed by atoms with van der Waals surface area (Å²) in [5.74, 6) is 0.830. The van der Waals surface area contributed by atoms with Crippen LogP contribution >= 0.6 is 0 Å². The van der Waals surface area contributed by atoms with Gasteiger partial charge in [0.05, 0.1) is 17.2 Å². The fraction of sp³-hybridized carbons (Fsp3) is 0.400. The van der Waals surface area contributed by atoms with Gasteiger partial charge in [0, 0.05) is 25.8 Å². The molecule has 3 N–H and O–H groups in total. The summed E-state index contributed by atoms with van der Waals surface area (Å²) in [5.41, 5.74) is 7.51. The van der Waals surface area contributed by atoms with Crippen molar-refractivity contribution in [2.24, 2.45) is 12.8 Å². The number of imidazole rings is 1. The summed E-state index contributed by atoms with van der Waals surface area (Å²) in [6.07, 6.45) is 3.55. The molecule has 2 aromatic rings. The summed E-state index contributed by atoms with van der Waals surface area (Å²) in [4.78, 5) is 8.53. The van der Waals surface area contributed by atoms with E-state index in [-0.39, 0.29) is 6.04 Å². The van der Waals surface area contributed by atoms with Crippen LogP contribution in [0.25, 0.3) is 11.0 Å². The highest BCUT2D eigenvalue weighted by Crippen LogP contribution is 2.16. The topological polar surface area (TPSA) is 68.8 Å². The van der Waals surface area contributed by atoms with Crippen molar-refractivity contribution in [3.8, 4) is 0 Å². The predicted octanol–water partition coefficient (Wildman–Crippen LogP) is 0.727. The van der Waals surface area contributed by atoms with Crippen molar-refractivity contribution >= 4 is 17.0 Å². The van der Waals surface area contributed by atoms with E-state index in [2.05, 4.69) is 15.3 Å². The van der Waals surface area contributed by atoms with Gasteiger partial charge in [-0.3, -0.25) is 4.98 Å². The van der Waals surface area contributed by atoms with Crippen LogP contribution in [0.3, 0.4) is 0 Å². The second-order valence-electron chi connectivity index (χ2n) is 3.64. The first-order chi connectivity index (χ1) is 7.22. The van der Waals surface area contributed by atoms with Gasteiger partial charge >= 0.3 is 0 Å². The lowest BCUT2D eigenvalue weighted by Gasteiger charge is -2.11. The van der Waals surface area contributed by atoms with Gasteiger partial charge < -0.3 is 15.6 Å². The van der Waals surface area contributed by atoms with Crippen molar-refractivity contribution in [1.29, 1.82) is 0 Å². The largest absolute Gasteiger partial charge is 0.352 e. The second-order valence-corrected chi connectivity index (χ2v) is 3.64. The number of anilines is 1. The maximum absolute atomic E-state index is 5.55. The standard InChI is InChI=1S/C10H15N5/c1-7(5-11)13-10-14-8-3-4-12-6-9(8)15(10)2/h3-4,6-7H,5,11H2,1-2H3,(H,13,14). The van der Waals surface area contributed by atoms with Gasteiger partial charge in [0.25, 0.3) is 0 Å². The Morgan fingerprint density at radius 3 is 3.07 bits per heavy atom. The molecule has 0 aliphatic heterocycles. The molecule has 5 heteroatoms. The fourth-order valence-corrected chi connectivity index (χ4v) is 1.44. The Morgan fingerprint density at radius 2 is 2.40 bits per heavy atom. The molecule has 2 heterocycles. The molecule has 0 spiro atoms. The lowest BCUT2D eigenvalue weighted by atomic mass is 10.3. The molecular formula is C10H15N5. The third-order valence-corrected chi connectivity index (χ3v) is 2.41. The highest BCUT2D eigenvalue weighted by atomic mass is 15.2. The number of hydrogen-bond acceptors (Lipinski definition) is 4. The third kappa shape index (κ3) is 1.78. The normalized spacial score (nSPS) is 13.0. The zero-order valence-electron chi connectivity index (χ0n) is 8.94. The summed E-state index contributed by atoms with van der Waals surface area (Å²) in [5, 5.41) is 3.25. The molecule has 80 valence electrons. The highest BCUT2D eigenvalue weighted by Gasteiger charge is 2.08. The lowest BCUT2D eigenvalue weighted by molar-refractivity contribution is 0.777. The number of pyridine rings is 1. The predicted molar refractivity (Wildman–Crippen MR) is 60.6 cm³/mol. The monoisotopic (exact) mass is 205 g/mol. The lowest BCUT2D eigenvalue weighted by Crippen LogP contribution is -2.26. The molecule has 15 heavy (non-hydrogen) atoms. The van der Waals surface area contributed by atoms with E-state index in [4.69, 9.17) is 5.73 Å². The Bertz CT molecular complexity index is 462. The summed E-state index contributed by atoms with van der Waals surface area (Å²) >= 11 is 0. The molecule has 0 bridgehead atoms. The number of fused-ring (bicyclic) bond motifs is 1. The molecule has 1 unspecified atom stereocenters. The van der Waals surface area contributed by atoms with Gasteiger partial charge in [-0.1, -0.05) is 0 Å². The smallest absolute Gasteiger partial charge is 0.203 e. The number of nitrogens with two attached hydrogens (primary N) is 1. The minimum atomic E-state index is 0.216. The first-order valence-corrected chi connectivity index (χ1v) is 4.95. The van der Waals surface area contributed by atoms with Crippen LogP contribution in [-0.4, -0.2) is 27.1 Å². The number of nitrogens with zero attached hydrogens (tertiary/aromatic N) is 3. The minimum absolute atomic E-state index is 0.216. The molecule has 0 saturated carbocycles. The van der Waals surface area contributed by atoms with Crippen LogP contribution in [0.1, 0.15) is 6.92 Å². The zero-order valence-corrected chi connectivity index (χ0v) is 8.94. The molecule has 2 rings (SSSR count). The van der Waals surface area contributed by atoms with Crippen molar-refractivity contribution in [2.45, 2.75) is 13.0 Å². The maximum Gasteiger partial charge on any atom is 0.203 e. The SMILES string of the molecule is CC(CN)Nc1nc2ccncc2n1C. The van der Waals surface area contributed by atoms with E-state index in [9.17, 15) is 0 Å². The van der Waals surface area contributed by atoms with Gasteiger partial charge in [-0.25, -0.2) is 4.98 Å². The van der Waals surface area contributed by atoms with Gasteiger partial charge in [-0.15, -0.1) is 0 Å². The van der Waals surface area contributed by atoms with Gasteiger partial charge in [0.1, 0.15) is 0 Å². The molecule has 0 fully saturated rings. The Labute approximate surface area is 88.3 Å². The highest BCUT2D eigenvalue weighted by molar-refractivity contribution is 5.77. The van der Waals surface area contributed by atoms with E-state index in [1.807, 2.05) is 24.6 Å². The molecular weight excluding hydrogens is 190 g/mol. The van der Waals surface area contributed by atoms with E-state index in [0.717, 1.165) is 17.0 Å². The van der Waals surface area contributed by atoms with E-state index >= 15 is 0 Å². The molecule has 0 saturated heterocycles. The van der Waals surface area contributed by atoms with Crippen LogP contribution in [0.4, 0.5) is 5.95 Å². The van der Waals surface area contributed by atoms with Crippen LogP contribution in [0, 0.1) is 0 Å². The average molecular weight is 205 g/mol. The minimum Gasteiger partial charge on any atom is -0.352 e. The Hall–Kier alpha value is -1.62. The maximum atomic E-state index is 5.55. The summed E-state index contributed by atoms with van der Waals surface area (Å²) in [6, 6.07) is 2.11. The van der Waals surface area contributed by atoms with Gasteiger partial charge in [0.2, 0.25) is 5.95 Å². The van der Waals surface area contributed by atoms with Gasteiger partial charge in [-0.2, -0.15) is 0 Å². The van der Waals surface area contributed by atoms with Crippen molar-refractivity contribution in [3.63, 3.8) is 0 Å². The van der Waals surface area contributed by atoms with Gasteiger partial charge in [0.15, 0.2) is 0 Å². The number of rotatable bonds is 3. The van der Waals surface area contributed by atoms with Gasteiger partial charge in [-0.05, 0) is 13.0 Å². The Kier molecular flexibility index (Phi) is 2.55. The van der Waals surface area contributed by atoms with E-state index in [1.54, 1.807) is 12.4 Å². The molecule has 5 nitrogen and oxygen atoms in total. The van der Waals surface area contributed by atoms with E-state index < -0.39 is 0 Å². The Morgan fingerprint density at radius 1 is 1.60 bits per heavy atom. The van der Waals surface area contributed by atoms with Crippen molar-refractivity contribution in [2.75, 3.05) is 11.9 Å². The fourth-order valence-electron chi connectivity index (χ4n) is 1.44. The number of aromatic nitrogens is 3. The summed E-state index contributed by atoms with van der Waals surface area (Å²) in [7, 11) is 1.96. The molecule has 0 aromatic carbocycles. The van der Waals surface area contributed by atoms with E-state index in [1.165, 1.54) is 0 Å². The molecule has 0 aliphatic carbocycles. The first-order valence-electron chi connectivity index (χ1n) is 4.95. The average Bonchev–Trinajstić information content (AvgIpc) is 2.57. The molecule has 1 atom stereocenters. The van der Waals surface area contributed by atoms with E-state index in [0.29, 0.717) is 6.54 Å². The van der Waals surface area contributed by atoms with Crippen molar-refractivity contribution in [3.05, 3.63) is 18.5 Å². The third-order valence-electron chi connectivity index (χ3n) is 2.41. The summed E-state index contributed by atoms with van der Waals surface area (Å²) in [6.45, 7) is 2.61. The molecule has 0 radical (unpaired) electrons. The van der Waals surface area contributed by atoms with Crippen LogP contribution in [0.15, 0.2) is 18.5 Å².